The van der Waals surface area contributed by atoms with Gasteiger partial charge in [-0.25, -0.2) is 15.0 Å². The first-order valence-corrected chi connectivity index (χ1v) is 13.8. The molecule has 8 rings (SSSR count). The average Bonchev–Trinajstić information content (AvgIpc) is 3.55. The lowest BCUT2D eigenvalue weighted by Gasteiger charge is -2.12. The van der Waals surface area contributed by atoms with Gasteiger partial charge < -0.3 is 4.42 Å². The first-order chi connectivity index (χ1) is 23.8. The summed E-state index contributed by atoms with van der Waals surface area (Å²) in [6.45, 7) is 0. The van der Waals surface area contributed by atoms with Gasteiger partial charge in [-0.3, -0.25) is 0 Å². The second-order valence-corrected chi connectivity index (χ2v) is 9.96. The first kappa shape index (κ1) is 19.3. The maximum atomic E-state index is 9.37. The van der Waals surface area contributed by atoms with Gasteiger partial charge in [-0.05, 0) is 40.4 Å². The van der Waals surface area contributed by atoms with Crippen LogP contribution in [0.5, 0.6) is 0 Å². The Hall–Kier alpha value is -5.87. The van der Waals surface area contributed by atoms with Gasteiger partial charge in [0.1, 0.15) is 11.2 Å². The van der Waals surface area contributed by atoms with Crippen LogP contribution in [-0.2, 0) is 0 Å². The molecule has 0 unspecified atom stereocenters. The summed E-state index contributed by atoms with van der Waals surface area (Å²) in [4.78, 5) is 14.4. The summed E-state index contributed by atoms with van der Waals surface area (Å²) in [5.41, 5.74) is 4.09. The zero-order valence-electron chi connectivity index (χ0n) is 28.7. The fourth-order valence-electron chi connectivity index (χ4n) is 5.25. The van der Waals surface area contributed by atoms with Crippen LogP contribution in [0, 0.1) is 0 Å². The highest BCUT2D eigenvalue weighted by Gasteiger charge is 2.18. The van der Waals surface area contributed by atoms with Crippen molar-refractivity contribution in [3.8, 4) is 56.4 Å². The number of aromatic nitrogens is 3. The number of nitrogens with zero attached hydrogens (tertiary/aromatic N) is 3. The highest BCUT2D eigenvalue weighted by molar-refractivity contribution is 6.13. The van der Waals surface area contributed by atoms with Gasteiger partial charge >= 0.3 is 0 Å². The quantitative estimate of drug-likeness (QED) is 0.211. The van der Waals surface area contributed by atoms with E-state index in [2.05, 4.69) is 0 Å². The van der Waals surface area contributed by atoms with Crippen LogP contribution >= 0.6 is 0 Å². The predicted molar refractivity (Wildman–Crippen MR) is 174 cm³/mol. The summed E-state index contributed by atoms with van der Waals surface area (Å²) in [6, 6.07) is 34.3. The van der Waals surface area contributed by atoms with Crippen molar-refractivity contribution in [1.82, 2.24) is 15.0 Å². The van der Waals surface area contributed by atoms with E-state index >= 15 is 0 Å². The molecule has 2 heterocycles. The minimum Gasteiger partial charge on any atom is -0.456 e. The van der Waals surface area contributed by atoms with E-state index < -0.39 is 0 Å². The molecular formula is C39H25N3O. The number of hydrogen-bond donors (Lipinski definition) is 0. The van der Waals surface area contributed by atoms with Crippen LogP contribution in [0.3, 0.4) is 0 Å². The highest BCUT2D eigenvalue weighted by Crippen LogP contribution is 2.38. The molecule has 43 heavy (non-hydrogen) atoms. The molecule has 0 bridgehead atoms. The maximum absolute atomic E-state index is 9.37. The largest absolute Gasteiger partial charge is 0.456 e. The van der Waals surface area contributed by atoms with Crippen molar-refractivity contribution in [2.45, 2.75) is 0 Å². The number of fused-ring (bicyclic) bond motifs is 3. The Morgan fingerprint density at radius 2 is 1.00 bits per heavy atom. The van der Waals surface area contributed by atoms with Crippen LogP contribution in [0.15, 0.2) is 156 Å². The molecule has 0 saturated carbocycles. The van der Waals surface area contributed by atoms with E-state index in [1.54, 1.807) is 24.3 Å². The Labute approximate surface area is 257 Å². The van der Waals surface area contributed by atoms with Gasteiger partial charge in [0, 0.05) is 27.5 Å². The van der Waals surface area contributed by atoms with E-state index in [0.717, 1.165) is 16.7 Å². The summed E-state index contributed by atoms with van der Waals surface area (Å²) < 4.78 is 60.0. The van der Waals surface area contributed by atoms with Crippen molar-refractivity contribution >= 4 is 21.9 Å². The van der Waals surface area contributed by atoms with Crippen LogP contribution in [0.1, 0.15) is 8.22 Å². The molecule has 0 atom stereocenters. The van der Waals surface area contributed by atoms with Gasteiger partial charge in [0.2, 0.25) is 0 Å². The topological polar surface area (TPSA) is 51.8 Å². The summed E-state index contributed by atoms with van der Waals surface area (Å²) in [5.74, 6) is 0.682. The highest BCUT2D eigenvalue weighted by atomic mass is 16.3. The minimum atomic E-state index is -0.332. The fourth-order valence-corrected chi connectivity index (χ4v) is 5.25. The van der Waals surface area contributed by atoms with Crippen LogP contribution in [-0.4, -0.2) is 15.0 Å². The molecular weight excluding hydrogens is 526 g/mol. The first-order valence-electron chi connectivity index (χ1n) is 16.8. The molecule has 0 radical (unpaired) electrons. The van der Waals surface area contributed by atoms with E-state index in [1.807, 2.05) is 91.0 Å². The maximum Gasteiger partial charge on any atom is 0.164 e. The predicted octanol–water partition coefficient (Wildman–Crippen LogP) is 10.1. The van der Waals surface area contributed by atoms with Gasteiger partial charge in [0.05, 0.1) is 8.22 Å². The van der Waals surface area contributed by atoms with Crippen LogP contribution < -0.4 is 0 Å². The van der Waals surface area contributed by atoms with Crippen molar-refractivity contribution in [3.63, 3.8) is 0 Å². The minimum absolute atomic E-state index is 0.0218. The molecule has 4 nitrogen and oxygen atoms in total. The van der Waals surface area contributed by atoms with Crippen molar-refractivity contribution < 1.29 is 12.6 Å². The van der Waals surface area contributed by atoms with Crippen LogP contribution in [0.2, 0.25) is 0 Å². The lowest BCUT2D eigenvalue weighted by Crippen LogP contribution is -2.01. The van der Waals surface area contributed by atoms with Crippen LogP contribution in [0.4, 0.5) is 0 Å². The third kappa shape index (κ3) is 4.55. The van der Waals surface area contributed by atoms with E-state index in [9.17, 15) is 4.11 Å². The van der Waals surface area contributed by atoms with Crippen LogP contribution in [0.25, 0.3) is 78.4 Å². The molecule has 0 aliphatic heterocycles. The Bertz CT molecular complexity index is 2560. The molecule has 0 fully saturated rings. The molecule has 2 aromatic heterocycles. The molecule has 6 aromatic carbocycles. The standard InChI is InChI=1S/C39H25N3O/c1-4-13-26(14-5-1)30-19-10-11-20-32(30)39-41-37(28-17-8-3-9-18-28)40-38(42-39)29-23-24-33-35(25-29)43-34-22-12-21-31(36(33)34)27-15-6-2-7-16-27/h1-25H/i12D,21D,22D,23D,24D,25D. The van der Waals surface area contributed by atoms with E-state index in [1.165, 1.54) is 0 Å². The second-order valence-electron chi connectivity index (χ2n) is 9.96. The van der Waals surface area contributed by atoms with Gasteiger partial charge in [0.15, 0.2) is 17.5 Å². The molecule has 202 valence electrons. The summed E-state index contributed by atoms with van der Waals surface area (Å²) >= 11 is 0. The Balaban J connectivity index is 1.44. The third-order valence-electron chi connectivity index (χ3n) is 7.28. The third-order valence-corrected chi connectivity index (χ3v) is 7.28. The molecule has 0 aliphatic rings. The number of hydrogen-bond acceptors (Lipinski definition) is 4. The summed E-state index contributed by atoms with van der Waals surface area (Å²) in [6.07, 6.45) is 0. The molecule has 0 N–H and O–H groups in total. The van der Waals surface area contributed by atoms with Gasteiger partial charge in [-0.1, -0.05) is 133 Å². The smallest absolute Gasteiger partial charge is 0.164 e. The lowest BCUT2D eigenvalue weighted by molar-refractivity contribution is 0.669. The number of rotatable bonds is 5. The van der Waals surface area contributed by atoms with Crippen molar-refractivity contribution in [1.29, 1.82) is 0 Å². The monoisotopic (exact) mass is 557 g/mol. The number of furan rings is 1. The average molecular weight is 558 g/mol. The summed E-state index contributed by atoms with van der Waals surface area (Å²) in [7, 11) is 0. The second kappa shape index (κ2) is 10.5. The molecule has 0 saturated heterocycles. The zero-order chi connectivity index (χ0) is 33.8. The molecule has 0 amide bonds. The van der Waals surface area contributed by atoms with E-state index in [-0.39, 0.29) is 69.6 Å². The van der Waals surface area contributed by atoms with Crippen molar-refractivity contribution in [2.75, 3.05) is 0 Å². The van der Waals surface area contributed by atoms with Gasteiger partial charge in [-0.2, -0.15) is 0 Å². The molecule has 8 aromatic rings. The summed E-state index contributed by atoms with van der Waals surface area (Å²) in [5, 5.41) is 0.380. The molecule has 0 aliphatic carbocycles. The Morgan fingerprint density at radius 3 is 1.70 bits per heavy atom. The number of benzene rings is 6. The normalized spacial score (nSPS) is 13.2. The Kier molecular flexibility index (Phi) is 4.71. The SMILES string of the molecule is [2H]c1c([2H])c(-c2ccccc2)c2c(oc3c([2H])c(-c4nc(-c5ccccc5)nc(-c5ccccc5-c5ccccc5)n4)c([2H])c([2H])c32)c1[2H]. The van der Waals surface area contributed by atoms with Gasteiger partial charge in [0.25, 0.3) is 0 Å². The fraction of sp³-hybridized carbons (Fsp3) is 0. The molecule has 0 spiro atoms. The Morgan fingerprint density at radius 1 is 0.442 bits per heavy atom. The lowest BCUT2D eigenvalue weighted by atomic mass is 9.98. The zero-order valence-corrected chi connectivity index (χ0v) is 22.7. The van der Waals surface area contributed by atoms with Crippen molar-refractivity contribution in [3.05, 3.63) is 152 Å². The van der Waals surface area contributed by atoms with Crippen molar-refractivity contribution in [2.24, 2.45) is 0 Å². The molecule has 4 heteroatoms. The van der Waals surface area contributed by atoms with Gasteiger partial charge in [-0.15, -0.1) is 0 Å². The van der Waals surface area contributed by atoms with E-state index in [4.69, 9.17) is 23.5 Å². The van der Waals surface area contributed by atoms with E-state index in [0.29, 0.717) is 28.3 Å².